The van der Waals surface area contributed by atoms with E-state index in [2.05, 4.69) is 4.98 Å². The van der Waals surface area contributed by atoms with Gasteiger partial charge in [-0.3, -0.25) is 0 Å². The van der Waals surface area contributed by atoms with E-state index in [0.29, 0.717) is 17.1 Å². The van der Waals surface area contributed by atoms with Crippen LogP contribution in [0.1, 0.15) is 30.0 Å². The van der Waals surface area contributed by atoms with Crippen LogP contribution in [0, 0.1) is 12.7 Å². The first kappa shape index (κ1) is 9.58. The first-order chi connectivity index (χ1) is 7.66. The zero-order valence-corrected chi connectivity index (χ0v) is 9.13. The Bertz CT molecular complexity index is 574. The molecule has 1 aromatic carbocycles. The van der Waals surface area contributed by atoms with Crippen LogP contribution in [0.4, 0.5) is 10.1 Å². The van der Waals surface area contributed by atoms with Crippen LogP contribution in [0.3, 0.4) is 0 Å². The van der Waals surface area contributed by atoms with E-state index in [4.69, 9.17) is 5.73 Å². The van der Waals surface area contributed by atoms with Gasteiger partial charge >= 0.3 is 0 Å². The summed E-state index contributed by atoms with van der Waals surface area (Å²) < 4.78 is 13.7. The molecule has 2 N–H and O–H groups in total. The van der Waals surface area contributed by atoms with E-state index in [1.165, 1.54) is 6.07 Å². The van der Waals surface area contributed by atoms with Gasteiger partial charge in [-0.1, -0.05) is 6.07 Å². The van der Waals surface area contributed by atoms with Crippen molar-refractivity contribution in [2.75, 3.05) is 5.73 Å². The average molecular weight is 216 g/mol. The summed E-state index contributed by atoms with van der Waals surface area (Å²) in [5.74, 6) is 0.210. The molecule has 1 aliphatic carbocycles. The zero-order chi connectivity index (χ0) is 11.3. The summed E-state index contributed by atoms with van der Waals surface area (Å²) in [5, 5.41) is 0.754. The maximum absolute atomic E-state index is 13.7. The lowest BCUT2D eigenvalue weighted by atomic mass is 10.1. The maximum atomic E-state index is 13.7. The molecule has 2 aromatic rings. The molecule has 0 aliphatic heterocycles. The van der Waals surface area contributed by atoms with Crippen LogP contribution >= 0.6 is 0 Å². The molecule has 0 atom stereocenters. The number of benzene rings is 1. The number of halogens is 1. The highest BCUT2D eigenvalue weighted by Gasteiger charge is 2.26. The molecule has 0 amide bonds. The number of hydrogen-bond donors (Lipinski definition) is 1. The third-order valence-electron chi connectivity index (χ3n) is 3.17. The molecule has 82 valence electrons. The maximum Gasteiger partial charge on any atom is 0.149 e. The van der Waals surface area contributed by atoms with Crippen LogP contribution in [-0.2, 0) is 0 Å². The summed E-state index contributed by atoms with van der Waals surface area (Å²) in [4.78, 5) is 4.40. The normalized spacial score (nSPS) is 15.6. The minimum absolute atomic E-state index is 0.283. The van der Waals surface area contributed by atoms with Gasteiger partial charge in [-0.05, 0) is 37.5 Å². The number of nitrogens with zero attached hydrogens (tertiary/aromatic N) is 1. The van der Waals surface area contributed by atoms with E-state index in [9.17, 15) is 4.39 Å². The first-order valence-corrected chi connectivity index (χ1v) is 5.52. The molecule has 3 rings (SSSR count). The number of anilines is 1. The van der Waals surface area contributed by atoms with Crippen molar-refractivity contribution >= 4 is 16.6 Å². The second-order valence-corrected chi connectivity index (χ2v) is 4.50. The lowest BCUT2D eigenvalue weighted by Gasteiger charge is -2.08. The van der Waals surface area contributed by atoms with Crippen molar-refractivity contribution in [2.45, 2.75) is 25.7 Å². The number of nitrogens with two attached hydrogens (primary N) is 1. The average Bonchev–Trinajstić information content (AvgIpc) is 3.06. The Morgan fingerprint density at radius 2 is 2.12 bits per heavy atom. The van der Waals surface area contributed by atoms with Gasteiger partial charge in [0.05, 0.1) is 0 Å². The molecule has 1 aromatic heterocycles. The topological polar surface area (TPSA) is 38.9 Å². The zero-order valence-electron chi connectivity index (χ0n) is 9.13. The molecule has 1 saturated carbocycles. The quantitative estimate of drug-likeness (QED) is 0.795. The van der Waals surface area contributed by atoms with Crippen molar-refractivity contribution < 1.29 is 4.39 Å². The molecule has 0 unspecified atom stereocenters. The van der Waals surface area contributed by atoms with Crippen molar-refractivity contribution in [3.63, 3.8) is 0 Å². The summed E-state index contributed by atoms with van der Waals surface area (Å²) in [7, 11) is 0. The van der Waals surface area contributed by atoms with Gasteiger partial charge < -0.3 is 5.73 Å². The second-order valence-electron chi connectivity index (χ2n) is 4.50. The van der Waals surface area contributed by atoms with E-state index in [-0.39, 0.29) is 5.82 Å². The number of nitrogen functional groups attached to an aromatic ring is 1. The Morgan fingerprint density at radius 1 is 1.38 bits per heavy atom. The van der Waals surface area contributed by atoms with Gasteiger partial charge in [0.25, 0.3) is 0 Å². The monoisotopic (exact) mass is 216 g/mol. The summed E-state index contributed by atoms with van der Waals surface area (Å²) in [6.45, 7) is 1.93. The molecule has 1 fully saturated rings. The van der Waals surface area contributed by atoms with Crippen molar-refractivity contribution in [1.82, 2.24) is 4.98 Å². The van der Waals surface area contributed by atoms with Gasteiger partial charge in [0.15, 0.2) is 0 Å². The fourth-order valence-electron chi connectivity index (χ4n) is 2.12. The summed E-state index contributed by atoms with van der Waals surface area (Å²) in [6, 6.07) is 5.10. The van der Waals surface area contributed by atoms with Crippen LogP contribution in [0.2, 0.25) is 0 Å². The smallest absolute Gasteiger partial charge is 0.149 e. The molecule has 3 heteroatoms. The SMILES string of the molecule is Cc1ccc(F)c2nc(C3CC3)cc(N)c12. The predicted molar refractivity (Wildman–Crippen MR) is 62.8 cm³/mol. The van der Waals surface area contributed by atoms with Gasteiger partial charge in [-0.2, -0.15) is 0 Å². The van der Waals surface area contributed by atoms with Crippen molar-refractivity contribution in [3.05, 3.63) is 35.3 Å². The van der Waals surface area contributed by atoms with E-state index in [1.807, 2.05) is 13.0 Å². The van der Waals surface area contributed by atoms with Crippen molar-refractivity contribution in [1.29, 1.82) is 0 Å². The first-order valence-electron chi connectivity index (χ1n) is 5.52. The minimum Gasteiger partial charge on any atom is -0.398 e. The summed E-state index contributed by atoms with van der Waals surface area (Å²) in [6.07, 6.45) is 2.29. The Balaban J connectivity index is 2.36. The molecule has 16 heavy (non-hydrogen) atoms. The number of rotatable bonds is 1. The third-order valence-corrected chi connectivity index (χ3v) is 3.17. The minimum atomic E-state index is -0.283. The Morgan fingerprint density at radius 3 is 2.81 bits per heavy atom. The molecule has 1 heterocycles. The molecule has 0 bridgehead atoms. The fourth-order valence-corrected chi connectivity index (χ4v) is 2.12. The largest absolute Gasteiger partial charge is 0.398 e. The Labute approximate surface area is 93.3 Å². The van der Waals surface area contributed by atoms with Gasteiger partial charge in [-0.15, -0.1) is 0 Å². The van der Waals surface area contributed by atoms with Crippen LogP contribution in [0.5, 0.6) is 0 Å². The Kier molecular flexibility index (Phi) is 1.90. The van der Waals surface area contributed by atoms with Gasteiger partial charge in [0.2, 0.25) is 0 Å². The summed E-state index contributed by atoms with van der Waals surface area (Å²) >= 11 is 0. The lowest BCUT2D eigenvalue weighted by molar-refractivity contribution is 0.636. The molecular weight excluding hydrogens is 203 g/mol. The lowest BCUT2D eigenvalue weighted by Crippen LogP contribution is -1.98. The van der Waals surface area contributed by atoms with E-state index in [1.54, 1.807) is 6.07 Å². The molecule has 0 spiro atoms. The standard InChI is InChI=1S/C13H13FN2/c1-7-2-5-9(14)13-12(7)10(15)6-11(16-13)8-3-4-8/h2,5-6,8H,3-4H2,1H3,(H2,15,16). The number of pyridine rings is 1. The van der Waals surface area contributed by atoms with Gasteiger partial charge in [-0.25, -0.2) is 9.37 Å². The van der Waals surface area contributed by atoms with Crippen LogP contribution in [-0.4, -0.2) is 4.98 Å². The van der Waals surface area contributed by atoms with E-state index >= 15 is 0 Å². The van der Waals surface area contributed by atoms with Crippen LogP contribution in [0.25, 0.3) is 10.9 Å². The third kappa shape index (κ3) is 1.35. The number of hydrogen-bond acceptors (Lipinski definition) is 2. The van der Waals surface area contributed by atoms with Crippen LogP contribution in [0.15, 0.2) is 18.2 Å². The summed E-state index contributed by atoms with van der Waals surface area (Å²) in [5.41, 5.74) is 8.96. The van der Waals surface area contributed by atoms with E-state index < -0.39 is 0 Å². The number of aromatic nitrogens is 1. The van der Waals surface area contributed by atoms with Gasteiger partial charge in [0, 0.05) is 22.7 Å². The molecule has 0 radical (unpaired) electrons. The number of aryl methyl sites for hydroxylation is 1. The molecule has 2 nitrogen and oxygen atoms in total. The second kappa shape index (κ2) is 3.17. The highest BCUT2D eigenvalue weighted by molar-refractivity contribution is 5.93. The predicted octanol–water partition coefficient (Wildman–Crippen LogP) is 3.14. The van der Waals surface area contributed by atoms with Crippen molar-refractivity contribution in [2.24, 2.45) is 0 Å². The molecule has 1 aliphatic rings. The number of fused-ring (bicyclic) bond motifs is 1. The highest BCUT2D eigenvalue weighted by Crippen LogP contribution is 2.41. The highest BCUT2D eigenvalue weighted by atomic mass is 19.1. The van der Waals surface area contributed by atoms with E-state index in [0.717, 1.165) is 29.5 Å². The van der Waals surface area contributed by atoms with Crippen molar-refractivity contribution in [3.8, 4) is 0 Å². The van der Waals surface area contributed by atoms with Gasteiger partial charge in [0.1, 0.15) is 11.3 Å². The molecular formula is C13H13FN2. The Hall–Kier alpha value is -1.64. The van der Waals surface area contributed by atoms with Crippen LogP contribution < -0.4 is 5.73 Å². The fraction of sp³-hybridized carbons (Fsp3) is 0.308. The molecule has 0 saturated heterocycles.